The van der Waals surface area contributed by atoms with Gasteiger partial charge in [-0.1, -0.05) is 32.1 Å². The third kappa shape index (κ3) is 3.44. The number of nitrogens with zero attached hydrogens (tertiary/aromatic N) is 3. The molecule has 7 heteroatoms. The van der Waals surface area contributed by atoms with E-state index in [9.17, 15) is 14.4 Å². The molecule has 1 aromatic heterocycles. The summed E-state index contributed by atoms with van der Waals surface area (Å²) < 4.78 is 1.59. The Morgan fingerprint density at radius 3 is 2.39 bits per heavy atom. The van der Waals surface area contributed by atoms with Crippen molar-refractivity contribution >= 4 is 23.4 Å². The van der Waals surface area contributed by atoms with Crippen molar-refractivity contribution in [3.8, 4) is 0 Å². The molecule has 0 saturated heterocycles. The van der Waals surface area contributed by atoms with E-state index in [1.54, 1.807) is 36.3 Å². The van der Waals surface area contributed by atoms with Crippen LogP contribution in [-0.2, 0) is 7.05 Å². The molecule has 1 N–H and O–H groups in total. The third-order valence-corrected chi connectivity index (χ3v) is 5.58. The normalized spacial score (nSPS) is 18.0. The summed E-state index contributed by atoms with van der Waals surface area (Å²) in [7, 11) is 1.76. The third-order valence-electron chi connectivity index (χ3n) is 5.58. The summed E-state index contributed by atoms with van der Waals surface area (Å²) in [4.78, 5) is 39.8. The molecule has 0 atom stereocenters. The van der Waals surface area contributed by atoms with Gasteiger partial charge < -0.3 is 5.32 Å². The molecule has 0 unspecified atom stereocenters. The van der Waals surface area contributed by atoms with Crippen LogP contribution in [0.4, 0.5) is 5.69 Å². The Hall–Kier alpha value is -2.96. The van der Waals surface area contributed by atoms with E-state index >= 15 is 0 Å². The second-order valence-electron chi connectivity index (χ2n) is 7.60. The highest BCUT2D eigenvalue weighted by atomic mass is 16.2. The molecule has 7 nitrogen and oxygen atoms in total. The topological polar surface area (TPSA) is 84.3 Å². The minimum atomic E-state index is -0.333. The van der Waals surface area contributed by atoms with Gasteiger partial charge in [-0.2, -0.15) is 5.10 Å². The number of hydrogen-bond donors (Lipinski definition) is 1. The molecular formula is C21H24N4O3. The Morgan fingerprint density at radius 2 is 1.71 bits per heavy atom. The molecule has 2 aliphatic rings. The smallest absolute Gasteiger partial charge is 0.261 e. The maximum absolute atomic E-state index is 13.0. The van der Waals surface area contributed by atoms with Crippen LogP contribution < -0.4 is 5.32 Å². The molecule has 28 heavy (non-hydrogen) atoms. The van der Waals surface area contributed by atoms with Gasteiger partial charge in [-0.3, -0.25) is 24.0 Å². The molecule has 2 aromatic rings. The number of rotatable bonds is 3. The highest BCUT2D eigenvalue weighted by Crippen LogP contribution is 2.30. The maximum atomic E-state index is 13.0. The van der Waals surface area contributed by atoms with E-state index in [-0.39, 0.29) is 23.8 Å². The fourth-order valence-electron chi connectivity index (χ4n) is 4.11. The van der Waals surface area contributed by atoms with Crippen molar-refractivity contribution in [1.29, 1.82) is 0 Å². The summed E-state index contributed by atoms with van der Waals surface area (Å²) in [6, 6.07) is 4.68. The Morgan fingerprint density at radius 1 is 1.04 bits per heavy atom. The Balaban J connectivity index is 1.55. The monoisotopic (exact) mass is 380 g/mol. The maximum Gasteiger partial charge on any atom is 0.261 e. The first kappa shape index (κ1) is 18.4. The Bertz CT molecular complexity index is 925. The van der Waals surface area contributed by atoms with Gasteiger partial charge in [0.25, 0.3) is 17.7 Å². The molecule has 1 aliphatic carbocycles. The van der Waals surface area contributed by atoms with Crippen molar-refractivity contribution in [2.75, 3.05) is 5.32 Å². The van der Waals surface area contributed by atoms with Gasteiger partial charge in [0.05, 0.1) is 23.0 Å². The van der Waals surface area contributed by atoms with Crippen LogP contribution in [0.2, 0.25) is 0 Å². The lowest BCUT2D eigenvalue weighted by atomic mass is 9.95. The molecule has 4 rings (SSSR count). The fraction of sp³-hybridized carbons (Fsp3) is 0.429. The SMILES string of the molecule is Cn1cc(NC(=O)c2ccc3c(c2)C(=O)N(C2CCCCCCC2)C3=O)cn1. The van der Waals surface area contributed by atoms with Gasteiger partial charge in [-0.05, 0) is 31.0 Å². The van der Waals surface area contributed by atoms with Crippen LogP contribution in [-0.4, -0.2) is 38.4 Å². The number of fused-ring (bicyclic) bond motifs is 1. The van der Waals surface area contributed by atoms with E-state index in [1.807, 2.05) is 0 Å². The van der Waals surface area contributed by atoms with Gasteiger partial charge in [-0.25, -0.2) is 0 Å². The first-order chi connectivity index (χ1) is 13.5. The number of hydrogen-bond acceptors (Lipinski definition) is 4. The molecule has 1 fully saturated rings. The molecule has 146 valence electrons. The van der Waals surface area contributed by atoms with Gasteiger partial charge in [0, 0.05) is 24.8 Å². The number of imide groups is 1. The molecule has 1 saturated carbocycles. The van der Waals surface area contributed by atoms with Crippen molar-refractivity contribution in [1.82, 2.24) is 14.7 Å². The summed E-state index contributed by atoms with van der Waals surface area (Å²) in [5.41, 5.74) is 1.64. The standard InChI is InChI=1S/C21H24N4O3/c1-24-13-15(12-22-24)23-19(26)14-9-10-17-18(11-14)21(28)25(20(17)27)16-7-5-3-2-4-6-8-16/h9-13,16H,2-8H2,1H3,(H,23,26). The van der Waals surface area contributed by atoms with Gasteiger partial charge in [0.2, 0.25) is 0 Å². The van der Waals surface area contributed by atoms with Crippen LogP contribution >= 0.6 is 0 Å². The summed E-state index contributed by atoms with van der Waals surface area (Å²) >= 11 is 0. The minimum absolute atomic E-state index is 0.0413. The van der Waals surface area contributed by atoms with E-state index in [4.69, 9.17) is 0 Å². The second kappa shape index (κ2) is 7.58. The van der Waals surface area contributed by atoms with Crippen LogP contribution in [0.1, 0.15) is 76.0 Å². The van der Waals surface area contributed by atoms with E-state index in [0.29, 0.717) is 22.4 Å². The lowest BCUT2D eigenvalue weighted by molar-refractivity contribution is 0.0559. The van der Waals surface area contributed by atoms with Crippen LogP contribution in [0, 0.1) is 0 Å². The first-order valence-electron chi connectivity index (χ1n) is 9.86. The first-order valence-corrected chi connectivity index (χ1v) is 9.86. The second-order valence-corrected chi connectivity index (χ2v) is 7.60. The molecule has 3 amide bonds. The molecule has 2 heterocycles. The quantitative estimate of drug-likeness (QED) is 0.828. The van der Waals surface area contributed by atoms with Crippen LogP contribution in [0.3, 0.4) is 0 Å². The Labute approximate surface area is 163 Å². The van der Waals surface area contributed by atoms with E-state index in [2.05, 4.69) is 10.4 Å². The Kier molecular flexibility index (Phi) is 4.98. The summed E-state index contributed by atoms with van der Waals surface area (Å²) in [6.07, 6.45) is 10.6. The molecule has 1 aromatic carbocycles. The zero-order valence-corrected chi connectivity index (χ0v) is 16.0. The molecule has 0 spiro atoms. The molecule has 0 radical (unpaired) electrons. The van der Waals surface area contributed by atoms with Gasteiger partial charge in [0.1, 0.15) is 0 Å². The van der Waals surface area contributed by atoms with Gasteiger partial charge in [-0.15, -0.1) is 0 Å². The average Bonchev–Trinajstić information content (AvgIpc) is 3.17. The van der Waals surface area contributed by atoms with E-state index in [0.717, 1.165) is 38.5 Å². The zero-order chi connectivity index (χ0) is 19.7. The summed E-state index contributed by atoms with van der Waals surface area (Å²) in [5, 5.41) is 6.77. The van der Waals surface area contributed by atoms with Crippen molar-refractivity contribution in [3.05, 3.63) is 47.3 Å². The highest BCUT2D eigenvalue weighted by molar-refractivity contribution is 6.22. The van der Waals surface area contributed by atoms with Gasteiger partial charge in [0.15, 0.2) is 0 Å². The number of benzene rings is 1. The summed E-state index contributed by atoms with van der Waals surface area (Å²) in [6.45, 7) is 0. The van der Waals surface area contributed by atoms with Crippen LogP contribution in [0.5, 0.6) is 0 Å². The van der Waals surface area contributed by atoms with Crippen molar-refractivity contribution in [2.45, 2.75) is 51.0 Å². The number of anilines is 1. The number of amides is 3. The number of carbonyl (C=O) groups is 3. The molecular weight excluding hydrogens is 356 g/mol. The summed E-state index contributed by atoms with van der Waals surface area (Å²) in [5.74, 6) is -0.841. The highest BCUT2D eigenvalue weighted by Gasteiger charge is 2.40. The van der Waals surface area contributed by atoms with Crippen molar-refractivity contribution in [3.63, 3.8) is 0 Å². The number of aryl methyl sites for hydroxylation is 1. The average molecular weight is 380 g/mol. The van der Waals surface area contributed by atoms with E-state index < -0.39 is 0 Å². The lowest BCUT2D eigenvalue weighted by Gasteiger charge is -2.27. The lowest BCUT2D eigenvalue weighted by Crippen LogP contribution is -2.40. The number of aromatic nitrogens is 2. The van der Waals surface area contributed by atoms with Crippen molar-refractivity contribution < 1.29 is 14.4 Å². The zero-order valence-electron chi connectivity index (χ0n) is 16.0. The van der Waals surface area contributed by atoms with Crippen LogP contribution in [0.25, 0.3) is 0 Å². The van der Waals surface area contributed by atoms with E-state index in [1.165, 1.54) is 17.4 Å². The minimum Gasteiger partial charge on any atom is -0.319 e. The number of carbonyl (C=O) groups excluding carboxylic acids is 3. The predicted octanol–water partition coefficient (Wildman–Crippen LogP) is 3.38. The number of nitrogens with one attached hydrogen (secondary N) is 1. The van der Waals surface area contributed by atoms with Crippen LogP contribution in [0.15, 0.2) is 30.6 Å². The predicted molar refractivity (Wildman–Crippen MR) is 104 cm³/mol. The van der Waals surface area contributed by atoms with Gasteiger partial charge >= 0.3 is 0 Å². The van der Waals surface area contributed by atoms with Crippen molar-refractivity contribution in [2.24, 2.45) is 7.05 Å². The fourth-order valence-corrected chi connectivity index (χ4v) is 4.11. The molecule has 1 aliphatic heterocycles. The largest absolute Gasteiger partial charge is 0.319 e. The molecule has 0 bridgehead atoms.